The van der Waals surface area contributed by atoms with Crippen molar-refractivity contribution in [2.24, 2.45) is 0 Å². The number of carbonyl (C=O) groups excluding carboxylic acids is 1. The molecule has 1 amide bonds. The van der Waals surface area contributed by atoms with E-state index in [9.17, 15) is 4.79 Å². The van der Waals surface area contributed by atoms with Crippen molar-refractivity contribution >= 4 is 27.7 Å². The summed E-state index contributed by atoms with van der Waals surface area (Å²) < 4.78 is 1.91. The minimum Gasteiger partial charge on any atom is -0.361 e. The molecule has 0 bridgehead atoms. The summed E-state index contributed by atoms with van der Waals surface area (Å²) >= 11 is 0. The number of nitrogens with zero attached hydrogens (tertiary/aromatic N) is 2. The van der Waals surface area contributed by atoms with Crippen LogP contribution in [0.2, 0.25) is 0 Å². The number of aryl methyl sites for hydroxylation is 1. The zero-order chi connectivity index (χ0) is 21.2. The van der Waals surface area contributed by atoms with Crippen molar-refractivity contribution in [2.45, 2.75) is 19.9 Å². The average Bonchev–Trinajstić information content (AvgIpc) is 3.37. The fourth-order valence-corrected chi connectivity index (χ4v) is 4.01. The largest absolute Gasteiger partial charge is 0.361 e. The highest BCUT2D eigenvalue weighted by atomic mass is 16.1. The number of carbonyl (C=O) groups is 1. The second-order valence-corrected chi connectivity index (χ2v) is 7.87. The lowest BCUT2D eigenvalue weighted by Gasteiger charge is -2.04. The fraction of sp³-hybridized carbons (Fsp3) is 0.154. The van der Waals surface area contributed by atoms with Crippen LogP contribution in [-0.4, -0.2) is 27.2 Å². The topological polar surface area (TPSA) is 62.7 Å². The number of benzene rings is 3. The number of H-pyrrole nitrogens is 1. The van der Waals surface area contributed by atoms with Crippen LogP contribution in [0.5, 0.6) is 0 Å². The van der Waals surface area contributed by atoms with Crippen LogP contribution < -0.4 is 5.32 Å². The zero-order valence-corrected chi connectivity index (χ0v) is 17.4. The van der Waals surface area contributed by atoms with Crippen molar-refractivity contribution in [1.82, 2.24) is 20.1 Å². The van der Waals surface area contributed by atoms with Gasteiger partial charge in [0.15, 0.2) is 5.69 Å². The second kappa shape index (κ2) is 8.11. The first-order valence-corrected chi connectivity index (χ1v) is 10.5. The summed E-state index contributed by atoms with van der Waals surface area (Å²) in [6, 6.07) is 24.5. The Morgan fingerprint density at radius 1 is 0.968 bits per heavy atom. The van der Waals surface area contributed by atoms with Gasteiger partial charge >= 0.3 is 0 Å². The molecule has 0 unspecified atom stereocenters. The van der Waals surface area contributed by atoms with Gasteiger partial charge in [-0.2, -0.15) is 5.10 Å². The van der Waals surface area contributed by atoms with Crippen LogP contribution in [0.25, 0.3) is 21.8 Å². The van der Waals surface area contributed by atoms with Gasteiger partial charge in [0.25, 0.3) is 5.91 Å². The molecule has 154 valence electrons. The summed E-state index contributed by atoms with van der Waals surface area (Å²) in [5.41, 5.74) is 6.14. The minimum absolute atomic E-state index is 0.140. The first kappa shape index (κ1) is 19.1. The van der Waals surface area contributed by atoms with E-state index >= 15 is 0 Å². The fourth-order valence-electron chi connectivity index (χ4n) is 4.01. The third-order valence-corrected chi connectivity index (χ3v) is 5.68. The van der Waals surface area contributed by atoms with Crippen LogP contribution in [0.3, 0.4) is 0 Å². The molecule has 0 atom stereocenters. The summed E-state index contributed by atoms with van der Waals surface area (Å²) in [6.45, 7) is 3.26. The Morgan fingerprint density at radius 3 is 2.55 bits per heavy atom. The van der Waals surface area contributed by atoms with Crippen molar-refractivity contribution in [3.63, 3.8) is 0 Å². The molecule has 5 heteroatoms. The molecule has 5 nitrogen and oxygen atoms in total. The van der Waals surface area contributed by atoms with Crippen molar-refractivity contribution in [2.75, 3.05) is 6.54 Å². The van der Waals surface area contributed by atoms with Gasteiger partial charge < -0.3 is 10.3 Å². The highest BCUT2D eigenvalue weighted by Gasteiger charge is 2.17. The zero-order valence-electron chi connectivity index (χ0n) is 17.4. The Hall–Kier alpha value is -3.86. The van der Waals surface area contributed by atoms with Crippen molar-refractivity contribution < 1.29 is 4.79 Å². The first-order valence-electron chi connectivity index (χ1n) is 10.5. The van der Waals surface area contributed by atoms with Gasteiger partial charge in [-0.1, -0.05) is 66.2 Å². The maximum atomic E-state index is 13.0. The highest BCUT2D eigenvalue weighted by molar-refractivity contribution is 6.04. The molecule has 0 saturated carbocycles. The van der Waals surface area contributed by atoms with Gasteiger partial charge in [-0.15, -0.1) is 0 Å². The molecular formula is C26H24N4O. The maximum absolute atomic E-state index is 13.0. The lowest BCUT2D eigenvalue weighted by atomic mass is 10.1. The summed E-state index contributed by atoms with van der Waals surface area (Å²) in [5, 5.41) is 9.79. The molecule has 0 saturated heterocycles. The van der Waals surface area contributed by atoms with Crippen LogP contribution in [0.1, 0.15) is 27.2 Å². The predicted molar refractivity (Wildman–Crippen MR) is 124 cm³/mol. The van der Waals surface area contributed by atoms with Gasteiger partial charge in [-0.25, -0.2) is 0 Å². The lowest BCUT2D eigenvalue weighted by Crippen LogP contribution is -2.26. The molecular weight excluding hydrogens is 384 g/mol. The molecule has 5 aromatic rings. The smallest absolute Gasteiger partial charge is 0.272 e. The van der Waals surface area contributed by atoms with Gasteiger partial charge in [0, 0.05) is 29.0 Å². The molecule has 31 heavy (non-hydrogen) atoms. The molecule has 0 aliphatic carbocycles. The lowest BCUT2D eigenvalue weighted by molar-refractivity contribution is 0.0950. The quantitative estimate of drug-likeness (QED) is 0.422. The number of rotatable bonds is 6. The Bertz CT molecular complexity index is 1360. The van der Waals surface area contributed by atoms with Crippen molar-refractivity contribution in [1.29, 1.82) is 0 Å². The molecule has 0 aliphatic rings. The molecule has 0 spiro atoms. The predicted octanol–water partition coefficient (Wildman–Crippen LogP) is 4.85. The third-order valence-electron chi connectivity index (χ3n) is 5.68. The van der Waals surface area contributed by atoms with Crippen LogP contribution in [0, 0.1) is 6.92 Å². The van der Waals surface area contributed by atoms with Gasteiger partial charge in [0.2, 0.25) is 0 Å². The number of hydrogen-bond donors (Lipinski definition) is 2. The molecule has 0 aliphatic heterocycles. The molecule has 5 rings (SSSR count). The van der Waals surface area contributed by atoms with E-state index < -0.39 is 0 Å². The molecule has 2 N–H and O–H groups in total. The van der Waals surface area contributed by atoms with E-state index in [1.807, 2.05) is 47.3 Å². The number of fused-ring (bicyclic) bond motifs is 2. The SMILES string of the molecule is Cc1ccc(Cn2nc(C(=O)NCCc3c[nH]c4ccccc34)c3ccccc32)cc1. The van der Waals surface area contributed by atoms with Crippen LogP contribution in [0.15, 0.2) is 79.0 Å². The Labute approximate surface area is 180 Å². The van der Waals surface area contributed by atoms with E-state index in [4.69, 9.17) is 0 Å². The molecule has 2 aromatic heterocycles. The Kier molecular flexibility index (Phi) is 5.00. The molecule has 2 heterocycles. The summed E-state index contributed by atoms with van der Waals surface area (Å²) in [6.07, 6.45) is 2.78. The van der Waals surface area contributed by atoms with Crippen LogP contribution >= 0.6 is 0 Å². The number of para-hydroxylation sites is 2. The van der Waals surface area contributed by atoms with E-state index in [-0.39, 0.29) is 5.91 Å². The van der Waals surface area contributed by atoms with Gasteiger partial charge in [-0.3, -0.25) is 9.48 Å². The van der Waals surface area contributed by atoms with Gasteiger partial charge in [0.05, 0.1) is 12.1 Å². The Morgan fingerprint density at radius 2 is 1.71 bits per heavy atom. The third kappa shape index (κ3) is 3.82. The number of aromatic amines is 1. The number of nitrogens with one attached hydrogen (secondary N) is 2. The number of amides is 1. The normalized spacial score (nSPS) is 11.3. The van der Waals surface area contributed by atoms with Crippen molar-refractivity contribution in [3.05, 3.63) is 101 Å². The standard InChI is InChI=1S/C26H24N4O/c1-18-10-12-19(13-11-18)17-30-24-9-5-3-7-22(24)25(29-30)26(31)27-15-14-20-16-28-23-8-4-2-6-21(20)23/h2-13,16,28H,14-15,17H2,1H3,(H,27,31). The number of hydrogen-bond acceptors (Lipinski definition) is 2. The summed E-state index contributed by atoms with van der Waals surface area (Å²) in [5.74, 6) is -0.140. The van der Waals surface area contributed by atoms with Crippen LogP contribution in [-0.2, 0) is 13.0 Å². The van der Waals surface area contributed by atoms with E-state index in [1.165, 1.54) is 16.5 Å². The first-order chi connectivity index (χ1) is 15.2. The maximum Gasteiger partial charge on any atom is 0.272 e. The van der Waals surface area contributed by atoms with Crippen LogP contribution in [0.4, 0.5) is 0 Å². The van der Waals surface area contributed by atoms with Crippen molar-refractivity contribution in [3.8, 4) is 0 Å². The van der Waals surface area contributed by atoms with E-state index in [0.717, 1.165) is 28.4 Å². The summed E-state index contributed by atoms with van der Waals surface area (Å²) in [4.78, 5) is 16.3. The minimum atomic E-state index is -0.140. The average molecular weight is 409 g/mol. The molecule has 0 fully saturated rings. The molecule has 3 aromatic carbocycles. The Balaban J connectivity index is 1.34. The van der Waals surface area contributed by atoms with E-state index in [1.54, 1.807) is 0 Å². The second-order valence-electron chi connectivity index (χ2n) is 7.87. The van der Waals surface area contributed by atoms with E-state index in [2.05, 4.69) is 58.7 Å². The van der Waals surface area contributed by atoms with E-state index in [0.29, 0.717) is 18.8 Å². The number of aromatic nitrogens is 3. The molecule has 0 radical (unpaired) electrons. The highest BCUT2D eigenvalue weighted by Crippen LogP contribution is 2.21. The van der Waals surface area contributed by atoms with Gasteiger partial charge in [-0.05, 0) is 36.6 Å². The monoisotopic (exact) mass is 408 g/mol. The summed E-state index contributed by atoms with van der Waals surface area (Å²) in [7, 11) is 0. The van der Waals surface area contributed by atoms with Gasteiger partial charge in [0.1, 0.15) is 0 Å².